The van der Waals surface area contributed by atoms with Gasteiger partial charge in [-0.25, -0.2) is 4.68 Å². The second-order valence-corrected chi connectivity index (χ2v) is 5.41. The fraction of sp³-hybridized carbons (Fsp3) is 0.462. The first-order valence-corrected chi connectivity index (χ1v) is 6.71. The molecule has 96 valence electrons. The van der Waals surface area contributed by atoms with E-state index in [0.29, 0.717) is 0 Å². The third-order valence-electron chi connectivity index (χ3n) is 3.58. The number of aromatic nitrogens is 2. The van der Waals surface area contributed by atoms with E-state index in [1.807, 2.05) is 0 Å². The molecule has 0 radical (unpaired) electrons. The Labute approximate surface area is 112 Å². The summed E-state index contributed by atoms with van der Waals surface area (Å²) >= 11 is 5.46. The van der Waals surface area contributed by atoms with E-state index in [1.54, 1.807) is 0 Å². The Balaban J connectivity index is 2.06. The molecule has 0 aliphatic carbocycles. The average Bonchev–Trinajstić information content (AvgIpc) is 2.65. The molecule has 1 aromatic carbocycles. The van der Waals surface area contributed by atoms with Gasteiger partial charge >= 0.3 is 0 Å². The van der Waals surface area contributed by atoms with Gasteiger partial charge in [-0.05, 0) is 43.9 Å². The van der Waals surface area contributed by atoms with Gasteiger partial charge in [0.15, 0.2) is 4.77 Å². The van der Waals surface area contributed by atoms with Crippen LogP contribution in [0.1, 0.15) is 5.56 Å². The number of aromatic amines is 1. The average molecular weight is 262 g/mol. The maximum atomic E-state index is 5.46. The molecule has 1 N–H and O–H groups in total. The first-order valence-electron chi connectivity index (χ1n) is 6.30. The van der Waals surface area contributed by atoms with E-state index in [9.17, 15) is 0 Å². The molecule has 1 aliphatic heterocycles. The number of imidazole rings is 1. The van der Waals surface area contributed by atoms with Gasteiger partial charge in [0.1, 0.15) is 0 Å². The number of likely N-dealkylation sites (N-methyl/N-ethyl adjacent to an activating group) is 1. The van der Waals surface area contributed by atoms with Crippen LogP contribution in [0, 0.1) is 11.7 Å². The maximum absolute atomic E-state index is 5.46. The normalized spacial score (nSPS) is 17.6. The summed E-state index contributed by atoms with van der Waals surface area (Å²) in [5.74, 6) is 0. The molecule has 2 heterocycles. The van der Waals surface area contributed by atoms with E-state index >= 15 is 0 Å². The SMILES string of the molecule is Cc1ccc2c(c1)[nH]c(=S)n2N1CCN(C)CC1. The highest BCUT2D eigenvalue weighted by atomic mass is 32.1. The maximum Gasteiger partial charge on any atom is 0.197 e. The van der Waals surface area contributed by atoms with Crippen molar-refractivity contribution in [3.8, 4) is 0 Å². The largest absolute Gasteiger partial charge is 0.329 e. The molecule has 4 nitrogen and oxygen atoms in total. The molecule has 0 amide bonds. The monoisotopic (exact) mass is 262 g/mol. The zero-order valence-corrected chi connectivity index (χ0v) is 11.6. The van der Waals surface area contributed by atoms with Crippen LogP contribution in [0.2, 0.25) is 0 Å². The van der Waals surface area contributed by atoms with Crippen molar-refractivity contribution in [1.82, 2.24) is 14.6 Å². The van der Waals surface area contributed by atoms with Gasteiger partial charge in [-0.2, -0.15) is 0 Å². The van der Waals surface area contributed by atoms with Crippen LogP contribution < -0.4 is 5.01 Å². The predicted octanol–water partition coefficient (Wildman–Crippen LogP) is 1.89. The molecule has 2 aromatic rings. The Morgan fingerprint density at radius 1 is 1.17 bits per heavy atom. The number of H-pyrrole nitrogens is 1. The number of nitrogens with one attached hydrogen (secondary N) is 1. The lowest BCUT2D eigenvalue weighted by Crippen LogP contribution is -2.49. The molecule has 3 rings (SSSR count). The minimum atomic E-state index is 0.792. The van der Waals surface area contributed by atoms with Crippen LogP contribution in [0.4, 0.5) is 0 Å². The van der Waals surface area contributed by atoms with E-state index in [1.165, 1.54) is 11.1 Å². The summed E-state index contributed by atoms with van der Waals surface area (Å²) in [6.07, 6.45) is 0. The summed E-state index contributed by atoms with van der Waals surface area (Å²) in [4.78, 5) is 5.65. The Kier molecular flexibility index (Phi) is 2.87. The molecule has 0 saturated carbocycles. The zero-order valence-electron chi connectivity index (χ0n) is 10.8. The summed E-state index contributed by atoms with van der Waals surface area (Å²) in [5.41, 5.74) is 3.55. The number of hydrogen-bond donors (Lipinski definition) is 1. The first-order chi connectivity index (χ1) is 8.65. The minimum Gasteiger partial charge on any atom is -0.329 e. The second kappa shape index (κ2) is 4.40. The molecule has 1 fully saturated rings. The highest BCUT2D eigenvalue weighted by Gasteiger charge is 2.17. The van der Waals surface area contributed by atoms with E-state index < -0.39 is 0 Å². The summed E-state index contributed by atoms with van der Waals surface area (Å²) in [7, 11) is 2.16. The summed E-state index contributed by atoms with van der Waals surface area (Å²) in [6.45, 7) is 6.31. The van der Waals surface area contributed by atoms with E-state index in [0.717, 1.165) is 36.5 Å². The van der Waals surface area contributed by atoms with Crippen molar-refractivity contribution < 1.29 is 0 Å². The molecule has 1 aliphatic rings. The molecular formula is C13H18N4S. The van der Waals surface area contributed by atoms with Crippen molar-refractivity contribution in [2.45, 2.75) is 6.92 Å². The van der Waals surface area contributed by atoms with Crippen molar-refractivity contribution in [1.29, 1.82) is 0 Å². The number of benzene rings is 1. The first kappa shape index (κ1) is 11.7. The summed E-state index contributed by atoms with van der Waals surface area (Å²) < 4.78 is 2.94. The fourth-order valence-electron chi connectivity index (χ4n) is 2.49. The molecule has 0 bridgehead atoms. The van der Waals surface area contributed by atoms with Gasteiger partial charge in [0, 0.05) is 26.2 Å². The molecule has 0 atom stereocenters. The van der Waals surface area contributed by atoms with Crippen molar-refractivity contribution in [3.05, 3.63) is 28.5 Å². The van der Waals surface area contributed by atoms with E-state index in [2.05, 4.69) is 51.7 Å². The number of piperazine rings is 1. The lowest BCUT2D eigenvalue weighted by atomic mass is 10.2. The number of aryl methyl sites for hydroxylation is 1. The fourth-order valence-corrected chi connectivity index (χ4v) is 2.81. The van der Waals surface area contributed by atoms with Crippen LogP contribution in [0.25, 0.3) is 11.0 Å². The van der Waals surface area contributed by atoms with Crippen LogP contribution in [-0.4, -0.2) is 47.8 Å². The highest BCUT2D eigenvalue weighted by molar-refractivity contribution is 7.71. The number of rotatable bonds is 1. The molecule has 1 aromatic heterocycles. The predicted molar refractivity (Wildman–Crippen MR) is 77.3 cm³/mol. The van der Waals surface area contributed by atoms with Gasteiger partial charge in [-0.1, -0.05) is 6.07 Å². The van der Waals surface area contributed by atoms with Gasteiger partial charge in [0.2, 0.25) is 0 Å². The highest BCUT2D eigenvalue weighted by Crippen LogP contribution is 2.17. The van der Waals surface area contributed by atoms with Gasteiger partial charge in [-0.15, -0.1) is 0 Å². The van der Waals surface area contributed by atoms with Crippen LogP contribution in [0.3, 0.4) is 0 Å². The van der Waals surface area contributed by atoms with Crippen molar-refractivity contribution >= 4 is 23.3 Å². The Bertz CT molecular complexity index is 619. The van der Waals surface area contributed by atoms with Crippen molar-refractivity contribution in [2.75, 3.05) is 38.2 Å². The van der Waals surface area contributed by atoms with Crippen molar-refractivity contribution in [3.63, 3.8) is 0 Å². The van der Waals surface area contributed by atoms with Gasteiger partial charge in [0.05, 0.1) is 11.0 Å². The van der Waals surface area contributed by atoms with Gasteiger partial charge in [0.25, 0.3) is 0 Å². The summed E-state index contributed by atoms with van der Waals surface area (Å²) in [6, 6.07) is 6.44. The number of nitrogens with zero attached hydrogens (tertiary/aromatic N) is 3. The molecule has 18 heavy (non-hydrogen) atoms. The quantitative estimate of drug-likeness (QED) is 0.795. The topological polar surface area (TPSA) is 27.2 Å². The Morgan fingerprint density at radius 3 is 2.61 bits per heavy atom. The van der Waals surface area contributed by atoms with Crippen molar-refractivity contribution in [2.24, 2.45) is 0 Å². The van der Waals surface area contributed by atoms with E-state index in [-0.39, 0.29) is 0 Å². The zero-order chi connectivity index (χ0) is 12.7. The van der Waals surface area contributed by atoms with Crippen LogP contribution in [0.15, 0.2) is 18.2 Å². The Hall–Kier alpha value is -1.33. The van der Waals surface area contributed by atoms with Gasteiger partial charge in [-0.3, -0.25) is 0 Å². The summed E-state index contributed by atoms with van der Waals surface area (Å²) in [5, 5.41) is 2.33. The third-order valence-corrected chi connectivity index (χ3v) is 3.85. The molecule has 5 heteroatoms. The lowest BCUT2D eigenvalue weighted by molar-refractivity contribution is 0.288. The Morgan fingerprint density at radius 2 is 1.89 bits per heavy atom. The molecule has 0 unspecified atom stereocenters. The number of fused-ring (bicyclic) bond motifs is 1. The smallest absolute Gasteiger partial charge is 0.197 e. The molecular weight excluding hydrogens is 244 g/mol. The van der Waals surface area contributed by atoms with Crippen LogP contribution in [0.5, 0.6) is 0 Å². The van der Waals surface area contributed by atoms with Crippen LogP contribution >= 0.6 is 12.2 Å². The second-order valence-electron chi connectivity index (χ2n) is 5.02. The standard InChI is InChI=1S/C13H18N4S/c1-10-3-4-12-11(9-10)14-13(18)17(12)16-7-5-15(2)6-8-16/h3-4,9H,5-8H2,1-2H3,(H,14,18). The molecule has 0 spiro atoms. The van der Waals surface area contributed by atoms with E-state index in [4.69, 9.17) is 12.2 Å². The third kappa shape index (κ3) is 1.93. The molecule has 1 saturated heterocycles. The van der Waals surface area contributed by atoms with Gasteiger partial charge < -0.3 is 14.9 Å². The number of hydrogen-bond acceptors (Lipinski definition) is 3. The lowest BCUT2D eigenvalue weighted by Gasteiger charge is -2.34. The van der Waals surface area contributed by atoms with Crippen LogP contribution in [-0.2, 0) is 0 Å². The minimum absolute atomic E-state index is 0.792.